The average molecular weight is 284 g/mol. The maximum Gasteiger partial charge on any atom is 0.250 e. The lowest BCUT2D eigenvalue weighted by Gasteiger charge is -2.35. The van der Waals surface area contributed by atoms with Crippen LogP contribution in [0.2, 0.25) is 0 Å². The van der Waals surface area contributed by atoms with Crippen molar-refractivity contribution in [3.63, 3.8) is 0 Å². The van der Waals surface area contributed by atoms with E-state index in [2.05, 4.69) is 5.32 Å². The Balaban J connectivity index is 1.88. The van der Waals surface area contributed by atoms with Gasteiger partial charge in [0, 0.05) is 0 Å². The van der Waals surface area contributed by atoms with Crippen LogP contribution in [-0.2, 0) is 9.59 Å². The molecule has 5 nitrogen and oxygen atoms in total. The van der Waals surface area contributed by atoms with Crippen LogP contribution in [-0.4, -0.2) is 23.3 Å². The molecule has 1 N–H and O–H groups in total. The first-order chi connectivity index (χ1) is 10.2. The molecule has 3 rings (SSSR count). The molecule has 1 saturated heterocycles. The van der Waals surface area contributed by atoms with Gasteiger partial charge in [-0.1, -0.05) is 30.3 Å². The van der Waals surface area contributed by atoms with Gasteiger partial charge in [-0.25, -0.2) is 0 Å². The van der Waals surface area contributed by atoms with Crippen molar-refractivity contribution in [3.05, 3.63) is 60.1 Å². The zero-order valence-electron chi connectivity index (χ0n) is 11.7. The predicted octanol–water partition coefficient (Wildman–Crippen LogP) is 2.04. The zero-order chi connectivity index (χ0) is 14.8. The molecule has 0 saturated carbocycles. The van der Waals surface area contributed by atoms with Gasteiger partial charge in [-0.05, 0) is 24.6 Å². The minimum atomic E-state index is -0.634. The summed E-state index contributed by atoms with van der Waals surface area (Å²) in [5.41, 5.74) is 0.784. The number of rotatable bonds is 3. The number of benzene rings is 1. The largest absolute Gasteiger partial charge is 0.467 e. The third-order valence-electron chi connectivity index (χ3n) is 3.70. The summed E-state index contributed by atoms with van der Waals surface area (Å²) >= 11 is 0. The van der Waals surface area contributed by atoms with Crippen molar-refractivity contribution >= 4 is 11.8 Å². The number of carbonyl (C=O) groups excluding carboxylic acids is 2. The van der Waals surface area contributed by atoms with E-state index in [0.29, 0.717) is 5.76 Å². The van der Waals surface area contributed by atoms with Crippen molar-refractivity contribution in [1.82, 2.24) is 10.2 Å². The van der Waals surface area contributed by atoms with Crippen molar-refractivity contribution < 1.29 is 14.0 Å². The molecule has 0 aliphatic carbocycles. The minimum absolute atomic E-state index is 0.0457. The molecule has 1 aromatic heterocycles. The number of carbonyl (C=O) groups is 2. The second kappa shape index (κ2) is 5.44. The molecule has 108 valence electrons. The van der Waals surface area contributed by atoms with Crippen molar-refractivity contribution in [1.29, 1.82) is 0 Å². The maximum absolute atomic E-state index is 12.7. The summed E-state index contributed by atoms with van der Waals surface area (Å²) in [5.74, 6) is 0.386. The fourth-order valence-electron chi connectivity index (χ4n) is 2.55. The average Bonchev–Trinajstić information content (AvgIpc) is 3.04. The number of amides is 2. The first-order valence-electron chi connectivity index (χ1n) is 6.85. The molecule has 0 spiro atoms. The van der Waals surface area contributed by atoms with Gasteiger partial charge in [0.15, 0.2) is 0 Å². The van der Waals surface area contributed by atoms with Gasteiger partial charge < -0.3 is 14.6 Å². The van der Waals surface area contributed by atoms with Crippen molar-refractivity contribution in [2.75, 3.05) is 6.54 Å². The molecule has 1 fully saturated rings. The second-order valence-corrected chi connectivity index (χ2v) is 5.07. The second-order valence-electron chi connectivity index (χ2n) is 5.07. The lowest BCUT2D eigenvalue weighted by atomic mass is 10.0. The van der Waals surface area contributed by atoms with Gasteiger partial charge in [0.05, 0.1) is 12.3 Å². The molecule has 0 radical (unpaired) electrons. The van der Waals surface area contributed by atoms with Crippen LogP contribution in [0.3, 0.4) is 0 Å². The third-order valence-corrected chi connectivity index (χ3v) is 3.70. The standard InChI is InChI=1S/C16H16N2O3/c1-11(13-8-5-9-21-13)18-10-14(19)17-15(16(18)20)12-6-3-2-4-7-12/h2-9,11,15H,10H2,1H3,(H,17,19). The van der Waals surface area contributed by atoms with Crippen LogP contribution in [0.1, 0.15) is 30.3 Å². The fourth-order valence-corrected chi connectivity index (χ4v) is 2.55. The first-order valence-corrected chi connectivity index (χ1v) is 6.85. The minimum Gasteiger partial charge on any atom is -0.467 e. The Morgan fingerprint density at radius 1 is 1.19 bits per heavy atom. The number of furan rings is 1. The lowest BCUT2D eigenvalue weighted by Crippen LogP contribution is -2.53. The third kappa shape index (κ3) is 2.54. The monoisotopic (exact) mass is 284 g/mol. The highest BCUT2D eigenvalue weighted by Crippen LogP contribution is 2.27. The summed E-state index contributed by atoms with van der Waals surface area (Å²) in [5, 5.41) is 2.75. The molecule has 2 aromatic rings. The highest BCUT2D eigenvalue weighted by Gasteiger charge is 2.37. The molecule has 2 atom stereocenters. The number of hydrogen-bond acceptors (Lipinski definition) is 3. The maximum atomic E-state index is 12.7. The van der Waals surface area contributed by atoms with Crippen LogP contribution in [0, 0.1) is 0 Å². The Labute approximate surface area is 122 Å². The Kier molecular flexibility index (Phi) is 3.48. The quantitative estimate of drug-likeness (QED) is 0.938. The number of nitrogens with zero attached hydrogens (tertiary/aromatic N) is 1. The molecule has 1 aliphatic rings. The molecular formula is C16H16N2O3. The van der Waals surface area contributed by atoms with E-state index < -0.39 is 6.04 Å². The molecule has 2 heterocycles. The van der Waals surface area contributed by atoms with Gasteiger partial charge in [0.1, 0.15) is 18.3 Å². The smallest absolute Gasteiger partial charge is 0.250 e. The van der Waals surface area contributed by atoms with Crippen LogP contribution in [0.4, 0.5) is 0 Å². The van der Waals surface area contributed by atoms with Crippen molar-refractivity contribution in [3.8, 4) is 0 Å². The first kappa shape index (κ1) is 13.4. The van der Waals surface area contributed by atoms with Crippen LogP contribution in [0.15, 0.2) is 53.1 Å². The van der Waals surface area contributed by atoms with Crippen molar-refractivity contribution in [2.24, 2.45) is 0 Å². The Hall–Kier alpha value is -2.56. The molecule has 1 aliphatic heterocycles. The Morgan fingerprint density at radius 2 is 1.95 bits per heavy atom. The molecule has 2 unspecified atom stereocenters. The van der Waals surface area contributed by atoms with E-state index in [9.17, 15) is 9.59 Å². The van der Waals surface area contributed by atoms with E-state index in [-0.39, 0.29) is 24.4 Å². The van der Waals surface area contributed by atoms with Crippen LogP contribution in [0.5, 0.6) is 0 Å². The normalized spacial score (nSPS) is 20.2. The van der Waals surface area contributed by atoms with Gasteiger partial charge in [0.2, 0.25) is 5.91 Å². The molecule has 2 amide bonds. The van der Waals surface area contributed by atoms with Crippen LogP contribution < -0.4 is 5.32 Å². The number of nitrogens with one attached hydrogen (secondary N) is 1. The van der Waals surface area contributed by atoms with Gasteiger partial charge in [-0.15, -0.1) is 0 Å². The summed E-state index contributed by atoms with van der Waals surface area (Å²) in [4.78, 5) is 26.2. The Morgan fingerprint density at radius 3 is 2.62 bits per heavy atom. The summed E-state index contributed by atoms with van der Waals surface area (Å²) < 4.78 is 5.35. The van der Waals surface area contributed by atoms with Gasteiger partial charge in [0.25, 0.3) is 5.91 Å². The predicted molar refractivity (Wildman–Crippen MR) is 76.2 cm³/mol. The van der Waals surface area contributed by atoms with Crippen molar-refractivity contribution in [2.45, 2.75) is 19.0 Å². The molecule has 0 bridgehead atoms. The summed E-state index contributed by atoms with van der Waals surface area (Å²) in [7, 11) is 0. The molecule has 1 aromatic carbocycles. The van der Waals surface area contributed by atoms with E-state index in [1.165, 1.54) is 0 Å². The van der Waals surface area contributed by atoms with Gasteiger partial charge in [-0.2, -0.15) is 0 Å². The molecule has 5 heteroatoms. The van der Waals surface area contributed by atoms with Gasteiger partial charge >= 0.3 is 0 Å². The zero-order valence-corrected chi connectivity index (χ0v) is 11.7. The summed E-state index contributed by atoms with van der Waals surface area (Å²) in [6, 6.07) is 11.9. The van der Waals surface area contributed by atoms with Gasteiger partial charge in [-0.3, -0.25) is 9.59 Å². The highest BCUT2D eigenvalue weighted by atomic mass is 16.3. The highest BCUT2D eigenvalue weighted by molar-refractivity contribution is 5.95. The van der Waals surface area contributed by atoms with E-state index in [0.717, 1.165) is 5.56 Å². The van der Waals surface area contributed by atoms with E-state index in [1.54, 1.807) is 17.2 Å². The topological polar surface area (TPSA) is 62.6 Å². The van der Waals surface area contributed by atoms with Crippen LogP contribution >= 0.6 is 0 Å². The fraction of sp³-hybridized carbons (Fsp3) is 0.250. The Bertz CT molecular complexity index is 637. The number of hydrogen-bond donors (Lipinski definition) is 1. The summed E-state index contributed by atoms with van der Waals surface area (Å²) in [6.07, 6.45) is 1.56. The molecule has 21 heavy (non-hydrogen) atoms. The summed E-state index contributed by atoms with van der Waals surface area (Å²) in [6.45, 7) is 1.90. The van der Waals surface area contributed by atoms with E-state index >= 15 is 0 Å². The van der Waals surface area contributed by atoms with E-state index in [4.69, 9.17) is 4.42 Å². The van der Waals surface area contributed by atoms with Crippen LogP contribution in [0.25, 0.3) is 0 Å². The number of piperazine rings is 1. The van der Waals surface area contributed by atoms with E-state index in [1.807, 2.05) is 43.3 Å². The SMILES string of the molecule is CC(c1ccco1)N1CC(=O)NC(c2ccccc2)C1=O. The molecular weight excluding hydrogens is 268 g/mol. The lowest BCUT2D eigenvalue weighted by molar-refractivity contribution is -0.147.